The van der Waals surface area contributed by atoms with Crippen LogP contribution in [0.4, 0.5) is 0 Å². The Morgan fingerprint density at radius 1 is 0.923 bits per heavy atom. The van der Waals surface area contributed by atoms with Crippen molar-refractivity contribution in [3.05, 3.63) is 0 Å². The van der Waals surface area contributed by atoms with E-state index in [-0.39, 0.29) is 12.8 Å². The van der Waals surface area contributed by atoms with E-state index < -0.39 is 5.41 Å². The zero-order valence-corrected chi connectivity index (χ0v) is 7.81. The van der Waals surface area contributed by atoms with Gasteiger partial charge in [0.2, 0.25) is 0 Å². The van der Waals surface area contributed by atoms with Crippen LogP contribution in [-0.2, 0) is 0 Å². The highest BCUT2D eigenvalue weighted by Crippen LogP contribution is 2.23. The van der Waals surface area contributed by atoms with Crippen molar-refractivity contribution >= 4 is 0 Å². The maximum absolute atomic E-state index is 8.82. The van der Waals surface area contributed by atoms with Crippen LogP contribution < -0.4 is 0 Å². The van der Waals surface area contributed by atoms with Gasteiger partial charge in [-0.25, -0.2) is 0 Å². The molecule has 0 radical (unpaired) electrons. The van der Waals surface area contributed by atoms with Gasteiger partial charge in [-0.05, 0) is 13.8 Å². The zero-order valence-electron chi connectivity index (χ0n) is 7.81. The predicted molar refractivity (Wildman–Crippen MR) is 49.8 cm³/mol. The molecule has 0 aliphatic heterocycles. The van der Waals surface area contributed by atoms with Crippen LogP contribution in [0.3, 0.4) is 0 Å². The minimum Gasteiger partial charge on any atom is -0.196 e. The summed E-state index contributed by atoms with van der Waals surface area (Å²) >= 11 is 0. The molecule has 0 fully saturated rings. The molecular weight excluding hydrogens is 160 g/mol. The summed E-state index contributed by atoms with van der Waals surface area (Å²) < 4.78 is 0. The molecule has 0 spiro atoms. The standard InChI is InChI=1S/C11H10N2/c1-3-5-7-11(9-12,10-13)8-6-4-2/h7-8H2,1-2H3. The SMILES string of the molecule is CC#CCC(C#N)(C#N)CC#CC. The van der Waals surface area contributed by atoms with Crippen LogP contribution >= 0.6 is 0 Å². The minimum absolute atomic E-state index is 0.269. The van der Waals surface area contributed by atoms with Gasteiger partial charge in [-0.2, -0.15) is 10.5 Å². The highest BCUT2D eigenvalue weighted by atomic mass is 14.4. The molecule has 0 saturated heterocycles. The Morgan fingerprint density at radius 3 is 1.54 bits per heavy atom. The van der Waals surface area contributed by atoms with Crippen LogP contribution in [-0.4, -0.2) is 0 Å². The van der Waals surface area contributed by atoms with Gasteiger partial charge in [0.25, 0.3) is 0 Å². The van der Waals surface area contributed by atoms with E-state index in [1.54, 1.807) is 13.8 Å². The van der Waals surface area contributed by atoms with Gasteiger partial charge in [-0.15, -0.1) is 23.7 Å². The van der Waals surface area contributed by atoms with Crippen LogP contribution in [0.5, 0.6) is 0 Å². The van der Waals surface area contributed by atoms with E-state index in [9.17, 15) is 0 Å². The molecule has 0 heterocycles. The van der Waals surface area contributed by atoms with Gasteiger partial charge >= 0.3 is 0 Å². The molecule has 0 rings (SSSR count). The topological polar surface area (TPSA) is 47.6 Å². The Balaban J connectivity index is 4.67. The normalized spacial score (nSPS) is 8.00. The number of hydrogen-bond acceptors (Lipinski definition) is 2. The molecule has 0 amide bonds. The smallest absolute Gasteiger partial charge is 0.165 e. The summed E-state index contributed by atoms with van der Waals surface area (Å²) in [5, 5.41) is 17.6. The zero-order chi connectivity index (χ0) is 10.2. The lowest BCUT2D eigenvalue weighted by atomic mass is 9.85. The quantitative estimate of drug-likeness (QED) is 0.594. The maximum Gasteiger partial charge on any atom is 0.165 e. The summed E-state index contributed by atoms with van der Waals surface area (Å²) in [6, 6.07) is 3.94. The highest BCUT2D eigenvalue weighted by molar-refractivity contribution is 5.23. The maximum atomic E-state index is 8.82. The lowest BCUT2D eigenvalue weighted by Gasteiger charge is -2.10. The Bertz CT molecular complexity index is 319. The van der Waals surface area contributed by atoms with E-state index >= 15 is 0 Å². The Morgan fingerprint density at radius 2 is 1.31 bits per heavy atom. The second-order valence-corrected chi connectivity index (χ2v) is 2.51. The first-order valence-corrected chi connectivity index (χ1v) is 3.86. The van der Waals surface area contributed by atoms with E-state index in [2.05, 4.69) is 23.7 Å². The van der Waals surface area contributed by atoms with Crippen molar-refractivity contribution in [2.45, 2.75) is 26.7 Å². The fourth-order valence-electron chi connectivity index (χ4n) is 0.724. The first kappa shape index (κ1) is 11.1. The van der Waals surface area contributed by atoms with Gasteiger partial charge in [0.1, 0.15) is 0 Å². The Hall–Kier alpha value is -1.90. The van der Waals surface area contributed by atoms with Crippen LogP contribution in [0.2, 0.25) is 0 Å². The molecule has 0 aromatic heterocycles. The minimum atomic E-state index is -1.05. The molecule has 13 heavy (non-hydrogen) atoms. The summed E-state index contributed by atoms with van der Waals surface area (Å²) in [7, 11) is 0. The second-order valence-electron chi connectivity index (χ2n) is 2.51. The van der Waals surface area contributed by atoms with E-state index in [0.29, 0.717) is 0 Å². The van der Waals surface area contributed by atoms with Gasteiger partial charge in [-0.1, -0.05) is 0 Å². The van der Waals surface area contributed by atoms with Crippen molar-refractivity contribution in [2.75, 3.05) is 0 Å². The molecule has 0 aromatic rings. The van der Waals surface area contributed by atoms with Gasteiger partial charge in [0, 0.05) is 12.8 Å². The molecule has 0 saturated carbocycles. The van der Waals surface area contributed by atoms with Gasteiger partial charge in [0.05, 0.1) is 12.1 Å². The van der Waals surface area contributed by atoms with Crippen LogP contribution in [0.25, 0.3) is 0 Å². The molecule has 0 aliphatic carbocycles. The lowest BCUT2D eigenvalue weighted by Crippen LogP contribution is -2.14. The van der Waals surface area contributed by atoms with Crippen molar-refractivity contribution in [3.63, 3.8) is 0 Å². The van der Waals surface area contributed by atoms with Crippen LogP contribution in [0, 0.1) is 51.8 Å². The number of rotatable bonds is 2. The molecule has 0 N–H and O–H groups in total. The molecule has 0 aliphatic rings. The third kappa shape index (κ3) is 3.33. The van der Waals surface area contributed by atoms with Gasteiger partial charge < -0.3 is 0 Å². The van der Waals surface area contributed by atoms with Crippen molar-refractivity contribution in [1.82, 2.24) is 0 Å². The number of nitrogens with zero attached hydrogens (tertiary/aromatic N) is 2. The first-order chi connectivity index (χ1) is 6.24. The van der Waals surface area contributed by atoms with E-state index in [1.165, 1.54) is 0 Å². The molecule has 0 bridgehead atoms. The average molecular weight is 170 g/mol. The molecule has 0 unspecified atom stereocenters. The van der Waals surface area contributed by atoms with E-state index in [4.69, 9.17) is 10.5 Å². The molecular formula is C11H10N2. The Labute approximate surface area is 79.2 Å². The molecule has 2 heteroatoms. The van der Waals surface area contributed by atoms with Crippen molar-refractivity contribution in [3.8, 4) is 35.8 Å². The first-order valence-electron chi connectivity index (χ1n) is 3.86. The number of hydrogen-bond donors (Lipinski definition) is 0. The van der Waals surface area contributed by atoms with Gasteiger partial charge in [-0.3, -0.25) is 0 Å². The fourth-order valence-corrected chi connectivity index (χ4v) is 0.724. The van der Waals surface area contributed by atoms with Crippen molar-refractivity contribution < 1.29 is 0 Å². The number of nitriles is 2. The summed E-state index contributed by atoms with van der Waals surface area (Å²) in [4.78, 5) is 0. The molecule has 0 aromatic carbocycles. The van der Waals surface area contributed by atoms with E-state index in [1.807, 2.05) is 12.1 Å². The highest BCUT2D eigenvalue weighted by Gasteiger charge is 2.27. The molecule has 2 nitrogen and oxygen atoms in total. The fraction of sp³-hybridized carbons (Fsp3) is 0.455. The van der Waals surface area contributed by atoms with E-state index in [0.717, 1.165) is 0 Å². The monoisotopic (exact) mass is 170 g/mol. The third-order valence-electron chi connectivity index (χ3n) is 1.56. The van der Waals surface area contributed by atoms with Crippen LogP contribution in [0.1, 0.15) is 26.7 Å². The van der Waals surface area contributed by atoms with Crippen LogP contribution in [0.15, 0.2) is 0 Å². The molecule has 0 atom stereocenters. The molecule has 64 valence electrons. The Kier molecular flexibility index (Phi) is 4.88. The van der Waals surface area contributed by atoms with Crippen molar-refractivity contribution in [1.29, 1.82) is 10.5 Å². The summed E-state index contributed by atoms with van der Waals surface area (Å²) in [6.45, 7) is 3.37. The van der Waals surface area contributed by atoms with Crippen molar-refractivity contribution in [2.24, 2.45) is 5.41 Å². The summed E-state index contributed by atoms with van der Waals surface area (Å²) in [5.41, 5.74) is -1.05. The second kappa shape index (κ2) is 5.71. The summed E-state index contributed by atoms with van der Waals surface area (Å²) in [5.74, 6) is 10.8. The predicted octanol–water partition coefficient (Wildman–Crippen LogP) is 1.85. The largest absolute Gasteiger partial charge is 0.196 e. The third-order valence-corrected chi connectivity index (χ3v) is 1.56. The average Bonchev–Trinajstić information content (AvgIpc) is 2.20. The summed E-state index contributed by atoms with van der Waals surface area (Å²) in [6.07, 6.45) is 0.538. The van der Waals surface area contributed by atoms with Gasteiger partial charge in [0.15, 0.2) is 5.41 Å². The lowest BCUT2D eigenvalue weighted by molar-refractivity contribution is 0.556.